The zero-order chi connectivity index (χ0) is 13.8. The van der Waals surface area contributed by atoms with Crippen LogP contribution in [0.4, 0.5) is 11.4 Å². The van der Waals surface area contributed by atoms with Crippen LogP contribution in [0.2, 0.25) is 0 Å². The second kappa shape index (κ2) is 5.35. The van der Waals surface area contributed by atoms with Crippen LogP contribution in [-0.4, -0.2) is 16.9 Å². The summed E-state index contributed by atoms with van der Waals surface area (Å²) in [6, 6.07) is 13.6. The maximum atomic E-state index is 11.3. The summed E-state index contributed by atoms with van der Waals surface area (Å²) in [4.78, 5) is 22.0. The van der Waals surface area contributed by atoms with E-state index in [-0.39, 0.29) is 11.3 Å². The van der Waals surface area contributed by atoms with Gasteiger partial charge in [0.25, 0.3) is 0 Å². The number of nitrogens with one attached hydrogen (secondary N) is 1. The molecule has 0 heterocycles. The van der Waals surface area contributed by atoms with E-state index in [1.807, 2.05) is 6.07 Å². The molecule has 0 unspecified atom stereocenters. The molecule has 0 aromatic heterocycles. The fourth-order valence-corrected chi connectivity index (χ4v) is 1.68. The lowest BCUT2D eigenvalue weighted by molar-refractivity contribution is 0.0696. The number of benzene rings is 2. The zero-order valence-corrected chi connectivity index (χ0v) is 10.4. The van der Waals surface area contributed by atoms with Crippen LogP contribution in [0.25, 0.3) is 0 Å². The van der Waals surface area contributed by atoms with E-state index in [0.29, 0.717) is 5.56 Å². The van der Waals surface area contributed by atoms with Gasteiger partial charge >= 0.3 is 5.97 Å². The molecule has 2 rings (SSSR count). The van der Waals surface area contributed by atoms with E-state index in [1.54, 1.807) is 30.3 Å². The highest BCUT2D eigenvalue weighted by Crippen LogP contribution is 2.18. The maximum absolute atomic E-state index is 11.3. The third-order valence-electron chi connectivity index (χ3n) is 2.69. The second-order valence-electron chi connectivity index (χ2n) is 4.14. The summed E-state index contributed by atoms with van der Waals surface area (Å²) < 4.78 is 0. The summed E-state index contributed by atoms with van der Waals surface area (Å²) in [7, 11) is 0. The number of hydrogen-bond donors (Lipinski definition) is 2. The lowest BCUT2D eigenvalue weighted by atomic mass is 10.1. The molecular formula is C15H13NO3. The summed E-state index contributed by atoms with van der Waals surface area (Å²) in [6.45, 7) is 1.51. The maximum Gasteiger partial charge on any atom is 0.335 e. The molecule has 0 saturated carbocycles. The van der Waals surface area contributed by atoms with Gasteiger partial charge in [-0.15, -0.1) is 0 Å². The van der Waals surface area contributed by atoms with Gasteiger partial charge in [0.2, 0.25) is 0 Å². The SMILES string of the molecule is CC(=O)c1cccc(Nc2ccc(C(=O)O)cc2)c1. The molecule has 0 saturated heterocycles. The quantitative estimate of drug-likeness (QED) is 0.822. The van der Waals surface area contributed by atoms with Crippen molar-refractivity contribution in [3.05, 3.63) is 59.7 Å². The van der Waals surface area contributed by atoms with Crippen molar-refractivity contribution in [3.63, 3.8) is 0 Å². The van der Waals surface area contributed by atoms with E-state index in [2.05, 4.69) is 5.32 Å². The molecule has 0 spiro atoms. The summed E-state index contributed by atoms with van der Waals surface area (Å²) in [5.74, 6) is -0.949. The molecular weight excluding hydrogens is 242 g/mol. The Hall–Kier alpha value is -2.62. The molecule has 0 bridgehead atoms. The first kappa shape index (κ1) is 12.8. The molecule has 0 amide bonds. The van der Waals surface area contributed by atoms with E-state index in [9.17, 15) is 9.59 Å². The highest BCUT2D eigenvalue weighted by molar-refractivity contribution is 5.95. The zero-order valence-electron chi connectivity index (χ0n) is 10.4. The van der Waals surface area contributed by atoms with Gasteiger partial charge in [0, 0.05) is 16.9 Å². The molecule has 0 atom stereocenters. The van der Waals surface area contributed by atoms with Gasteiger partial charge in [0.1, 0.15) is 0 Å². The van der Waals surface area contributed by atoms with Crippen molar-refractivity contribution in [1.29, 1.82) is 0 Å². The van der Waals surface area contributed by atoms with E-state index in [1.165, 1.54) is 19.1 Å². The predicted molar refractivity (Wildman–Crippen MR) is 73.1 cm³/mol. The van der Waals surface area contributed by atoms with Gasteiger partial charge in [-0.1, -0.05) is 12.1 Å². The third-order valence-corrected chi connectivity index (χ3v) is 2.69. The van der Waals surface area contributed by atoms with Crippen LogP contribution in [0.1, 0.15) is 27.6 Å². The number of carbonyl (C=O) groups is 2. The fraction of sp³-hybridized carbons (Fsp3) is 0.0667. The van der Waals surface area contributed by atoms with Crippen molar-refractivity contribution in [2.75, 3.05) is 5.32 Å². The summed E-state index contributed by atoms with van der Waals surface area (Å²) in [5, 5.41) is 11.9. The Morgan fingerprint density at radius 1 is 0.947 bits per heavy atom. The molecule has 0 aliphatic heterocycles. The minimum absolute atomic E-state index is 0.00451. The Bertz CT molecular complexity index is 618. The summed E-state index contributed by atoms with van der Waals surface area (Å²) in [5.41, 5.74) is 2.43. The number of aromatic carboxylic acids is 1. The standard InChI is InChI=1S/C15H13NO3/c1-10(17)12-3-2-4-14(9-12)16-13-7-5-11(6-8-13)15(18)19/h2-9,16H,1H3,(H,18,19). The van der Waals surface area contributed by atoms with E-state index in [0.717, 1.165) is 11.4 Å². The normalized spacial score (nSPS) is 9.95. The Morgan fingerprint density at radius 3 is 2.21 bits per heavy atom. The minimum atomic E-state index is -0.954. The number of Topliss-reactive ketones (excluding diaryl/α,β-unsaturated/α-hetero) is 1. The van der Waals surface area contributed by atoms with Gasteiger partial charge in [-0.05, 0) is 43.3 Å². The lowest BCUT2D eigenvalue weighted by Crippen LogP contribution is -1.97. The Balaban J connectivity index is 2.19. The second-order valence-corrected chi connectivity index (χ2v) is 4.14. The summed E-state index contributed by atoms with van der Waals surface area (Å²) >= 11 is 0. The number of anilines is 2. The molecule has 0 aliphatic rings. The van der Waals surface area contributed by atoms with Crippen molar-refractivity contribution in [3.8, 4) is 0 Å². The predicted octanol–water partition coefficient (Wildman–Crippen LogP) is 3.33. The highest BCUT2D eigenvalue weighted by atomic mass is 16.4. The topological polar surface area (TPSA) is 66.4 Å². The molecule has 0 fully saturated rings. The molecule has 0 aliphatic carbocycles. The molecule has 2 N–H and O–H groups in total. The van der Waals surface area contributed by atoms with Crippen molar-refractivity contribution >= 4 is 23.1 Å². The van der Waals surface area contributed by atoms with E-state index < -0.39 is 5.97 Å². The van der Waals surface area contributed by atoms with Crippen molar-refractivity contribution < 1.29 is 14.7 Å². The summed E-state index contributed by atoms with van der Waals surface area (Å²) in [6.07, 6.45) is 0. The number of ketones is 1. The highest BCUT2D eigenvalue weighted by Gasteiger charge is 2.03. The molecule has 2 aromatic rings. The van der Waals surface area contributed by atoms with Gasteiger partial charge in [-0.3, -0.25) is 4.79 Å². The molecule has 2 aromatic carbocycles. The minimum Gasteiger partial charge on any atom is -0.478 e. The Morgan fingerprint density at radius 2 is 1.63 bits per heavy atom. The molecule has 0 radical (unpaired) electrons. The van der Waals surface area contributed by atoms with E-state index >= 15 is 0 Å². The van der Waals surface area contributed by atoms with Crippen molar-refractivity contribution in [2.45, 2.75) is 6.92 Å². The number of rotatable bonds is 4. The number of carboxylic acid groups (broad SMARTS) is 1. The van der Waals surface area contributed by atoms with Gasteiger partial charge < -0.3 is 10.4 Å². The Kier molecular flexibility index (Phi) is 3.61. The Labute approximate surface area is 110 Å². The van der Waals surface area contributed by atoms with Crippen LogP contribution in [0.5, 0.6) is 0 Å². The first-order chi connectivity index (χ1) is 9.06. The van der Waals surface area contributed by atoms with Crippen LogP contribution < -0.4 is 5.32 Å². The average molecular weight is 255 g/mol. The van der Waals surface area contributed by atoms with Gasteiger partial charge in [0.15, 0.2) is 5.78 Å². The number of carboxylic acids is 1. The molecule has 4 nitrogen and oxygen atoms in total. The first-order valence-electron chi connectivity index (χ1n) is 5.77. The number of hydrogen-bond acceptors (Lipinski definition) is 3. The number of carbonyl (C=O) groups excluding carboxylic acids is 1. The van der Waals surface area contributed by atoms with Crippen LogP contribution >= 0.6 is 0 Å². The van der Waals surface area contributed by atoms with Gasteiger partial charge in [-0.2, -0.15) is 0 Å². The average Bonchev–Trinajstić information content (AvgIpc) is 2.39. The largest absolute Gasteiger partial charge is 0.478 e. The van der Waals surface area contributed by atoms with Crippen LogP contribution in [0, 0.1) is 0 Å². The van der Waals surface area contributed by atoms with Crippen molar-refractivity contribution in [1.82, 2.24) is 0 Å². The van der Waals surface area contributed by atoms with Crippen LogP contribution in [0.15, 0.2) is 48.5 Å². The monoisotopic (exact) mass is 255 g/mol. The molecule has 19 heavy (non-hydrogen) atoms. The molecule has 4 heteroatoms. The van der Waals surface area contributed by atoms with Gasteiger partial charge in [0.05, 0.1) is 5.56 Å². The van der Waals surface area contributed by atoms with Crippen molar-refractivity contribution in [2.24, 2.45) is 0 Å². The first-order valence-corrected chi connectivity index (χ1v) is 5.77. The van der Waals surface area contributed by atoms with Crippen LogP contribution in [-0.2, 0) is 0 Å². The van der Waals surface area contributed by atoms with Gasteiger partial charge in [-0.25, -0.2) is 4.79 Å². The molecule has 96 valence electrons. The fourth-order valence-electron chi connectivity index (χ4n) is 1.68. The smallest absolute Gasteiger partial charge is 0.335 e. The van der Waals surface area contributed by atoms with Crippen LogP contribution in [0.3, 0.4) is 0 Å². The third kappa shape index (κ3) is 3.19. The lowest BCUT2D eigenvalue weighted by Gasteiger charge is -2.07. The van der Waals surface area contributed by atoms with E-state index in [4.69, 9.17) is 5.11 Å².